The Morgan fingerprint density at radius 3 is 1.90 bits per heavy atom. The summed E-state index contributed by atoms with van der Waals surface area (Å²) in [5.41, 5.74) is 17.5. The molecule has 2 fully saturated rings. The highest BCUT2D eigenvalue weighted by Crippen LogP contribution is 2.65. The van der Waals surface area contributed by atoms with Gasteiger partial charge in [-0.2, -0.15) is 0 Å². The topological polar surface area (TPSA) is 25.6 Å². The third-order valence-corrected chi connectivity index (χ3v) is 18.2. The Balaban J connectivity index is 0.981. The fourth-order valence-electron chi connectivity index (χ4n) is 13.9. The van der Waals surface area contributed by atoms with Crippen LogP contribution in [0.15, 0.2) is 223 Å². The van der Waals surface area contributed by atoms with Crippen LogP contribution in [0, 0.1) is 11.8 Å². The zero-order valence-electron chi connectivity index (χ0n) is 39.5. The van der Waals surface area contributed by atoms with E-state index in [4.69, 9.17) is 9.15 Å². The molecule has 0 N–H and O–H groups in total. The van der Waals surface area contributed by atoms with Crippen molar-refractivity contribution in [2.45, 2.75) is 37.0 Å². The Morgan fingerprint density at radius 1 is 0.458 bits per heavy atom. The zero-order valence-corrected chi connectivity index (χ0v) is 40.3. The van der Waals surface area contributed by atoms with Gasteiger partial charge in [0.2, 0.25) is 0 Å². The fraction of sp³-hybridized carbons (Fsp3) is 0.118. The number of thiophene rings is 1. The average Bonchev–Trinajstić information content (AvgIpc) is 4.29. The van der Waals surface area contributed by atoms with Gasteiger partial charge < -0.3 is 14.1 Å². The van der Waals surface area contributed by atoms with Crippen molar-refractivity contribution in [1.29, 1.82) is 0 Å². The molecule has 2 aromatic heterocycles. The van der Waals surface area contributed by atoms with Crippen LogP contribution in [0.4, 0.5) is 17.1 Å². The minimum atomic E-state index is -0.627. The van der Waals surface area contributed by atoms with Crippen molar-refractivity contribution in [3.8, 4) is 44.9 Å². The second-order valence-electron chi connectivity index (χ2n) is 20.7. The Kier molecular flexibility index (Phi) is 8.68. The molecule has 3 heterocycles. The van der Waals surface area contributed by atoms with E-state index in [1.807, 2.05) is 11.3 Å². The molecule has 12 aromatic rings. The van der Waals surface area contributed by atoms with Gasteiger partial charge in [0.05, 0.1) is 11.1 Å². The maximum Gasteiger partial charge on any atom is 0.142 e. The lowest BCUT2D eigenvalue weighted by Gasteiger charge is -2.41. The third kappa shape index (κ3) is 5.78. The highest BCUT2D eigenvalue weighted by Gasteiger charge is 2.52. The Labute approximate surface area is 422 Å². The van der Waals surface area contributed by atoms with E-state index in [9.17, 15) is 0 Å². The van der Waals surface area contributed by atoms with Crippen molar-refractivity contribution in [2.75, 3.05) is 4.90 Å². The highest BCUT2D eigenvalue weighted by molar-refractivity contribution is 7.25. The van der Waals surface area contributed by atoms with E-state index in [-0.39, 0.29) is 0 Å². The quantitative estimate of drug-likeness (QED) is 0.166. The van der Waals surface area contributed by atoms with Crippen molar-refractivity contribution in [3.63, 3.8) is 0 Å². The summed E-state index contributed by atoms with van der Waals surface area (Å²) in [6.45, 7) is 0. The first kappa shape index (κ1) is 40.5. The fourth-order valence-corrected chi connectivity index (χ4v) is 15.0. The van der Waals surface area contributed by atoms with Crippen LogP contribution in [-0.4, -0.2) is 0 Å². The molecule has 342 valence electrons. The molecule has 0 saturated heterocycles. The maximum absolute atomic E-state index is 7.52. The molecule has 1 spiro atoms. The van der Waals surface area contributed by atoms with Gasteiger partial charge in [-0.05, 0) is 142 Å². The molecule has 3 aliphatic carbocycles. The highest BCUT2D eigenvalue weighted by atomic mass is 32.1. The second-order valence-corrected chi connectivity index (χ2v) is 21.7. The summed E-state index contributed by atoms with van der Waals surface area (Å²) in [6.07, 6.45) is 5.51. The summed E-state index contributed by atoms with van der Waals surface area (Å²) in [6, 6.07) is 80.9. The number of hydrogen-bond acceptors (Lipinski definition) is 4. The van der Waals surface area contributed by atoms with Gasteiger partial charge in [-0.15, -0.1) is 11.3 Å². The number of benzene rings is 10. The number of rotatable bonds is 6. The molecule has 72 heavy (non-hydrogen) atoms. The molecule has 3 atom stereocenters. The molecule has 4 aliphatic rings. The van der Waals surface area contributed by atoms with Gasteiger partial charge in [0.1, 0.15) is 22.7 Å². The normalized spacial score (nSPS) is 17.9. The van der Waals surface area contributed by atoms with Crippen molar-refractivity contribution < 1.29 is 9.15 Å². The van der Waals surface area contributed by atoms with Gasteiger partial charge in [0.25, 0.3) is 0 Å². The Bertz CT molecular complexity index is 4140. The number of nitrogens with zero attached hydrogens (tertiary/aromatic N) is 1. The smallest absolute Gasteiger partial charge is 0.142 e. The van der Waals surface area contributed by atoms with Gasteiger partial charge >= 0.3 is 0 Å². The maximum atomic E-state index is 7.52. The first-order valence-electron chi connectivity index (χ1n) is 25.6. The van der Waals surface area contributed by atoms with Crippen LogP contribution in [0.25, 0.3) is 75.5 Å². The van der Waals surface area contributed by atoms with Crippen LogP contribution in [0.1, 0.15) is 59.4 Å². The van der Waals surface area contributed by atoms with Crippen LogP contribution < -0.4 is 9.64 Å². The van der Waals surface area contributed by atoms with E-state index in [2.05, 4.69) is 223 Å². The molecular weight excluding hydrogens is 895 g/mol. The molecule has 3 unspecified atom stereocenters. The standard InChI is InChI=1S/C68H47NO2S/c1-2-12-42(13-3-1)43-24-26-44(27-25-43)66-60(33-32-59-67(66)71-62-21-11-9-19-58(62)68(59)56-17-7-4-14-49(56)50-15-5-8-18-57(50)68)69(48-29-31-52-51-16-6-10-20-61(51)70-63(52)40-48)47-30-35-65-55(39-47)54-38-46(28-34-64(54)72-65)53-37-41-22-23-45(53)36-41/h1-21,24-35,38-41,45,53H,22-23,36-37H2. The summed E-state index contributed by atoms with van der Waals surface area (Å²) in [5.74, 6) is 4.10. The largest absolute Gasteiger partial charge is 0.456 e. The van der Waals surface area contributed by atoms with Crippen LogP contribution in [0.2, 0.25) is 0 Å². The van der Waals surface area contributed by atoms with E-state index >= 15 is 0 Å². The van der Waals surface area contributed by atoms with Gasteiger partial charge in [-0.3, -0.25) is 0 Å². The van der Waals surface area contributed by atoms with Gasteiger partial charge in [-0.1, -0.05) is 158 Å². The van der Waals surface area contributed by atoms with Gasteiger partial charge in [0.15, 0.2) is 0 Å². The molecular formula is C68H47NO2S. The Morgan fingerprint density at radius 2 is 1.11 bits per heavy atom. The van der Waals surface area contributed by atoms with Crippen molar-refractivity contribution >= 4 is 70.5 Å². The molecule has 0 radical (unpaired) electrons. The first-order chi connectivity index (χ1) is 35.7. The zero-order chi connectivity index (χ0) is 47.1. The van der Waals surface area contributed by atoms with Crippen molar-refractivity contribution in [2.24, 2.45) is 11.8 Å². The van der Waals surface area contributed by atoms with E-state index in [0.717, 1.165) is 84.6 Å². The predicted molar refractivity (Wildman–Crippen MR) is 298 cm³/mol. The van der Waals surface area contributed by atoms with Crippen LogP contribution >= 0.6 is 11.3 Å². The van der Waals surface area contributed by atoms with Crippen molar-refractivity contribution in [3.05, 3.63) is 246 Å². The number of hydrogen-bond donors (Lipinski definition) is 0. The van der Waals surface area contributed by atoms with Crippen LogP contribution in [-0.2, 0) is 5.41 Å². The van der Waals surface area contributed by atoms with Gasteiger partial charge in [0, 0.05) is 65.1 Å². The van der Waals surface area contributed by atoms with Gasteiger partial charge in [-0.25, -0.2) is 0 Å². The number of ether oxygens (including phenoxy) is 1. The first-order valence-corrected chi connectivity index (χ1v) is 26.4. The molecule has 16 rings (SSSR count). The lowest BCUT2D eigenvalue weighted by atomic mass is 9.65. The summed E-state index contributed by atoms with van der Waals surface area (Å²) in [4.78, 5) is 2.46. The molecule has 4 heteroatoms. The lowest BCUT2D eigenvalue weighted by molar-refractivity contribution is 0.420. The molecule has 0 amide bonds. The van der Waals surface area contributed by atoms with Crippen LogP contribution in [0.3, 0.4) is 0 Å². The van der Waals surface area contributed by atoms with E-state index < -0.39 is 5.41 Å². The SMILES string of the molecule is c1ccc(-c2ccc(-c3c(N(c4ccc5c(c4)oc4ccccc45)c4ccc5sc6ccc(C7CC8CCC7C8)cc6c5c4)ccc4c3Oc3ccccc3C43c4ccccc4-c4ccccc43)cc2)cc1. The molecule has 3 nitrogen and oxygen atoms in total. The summed E-state index contributed by atoms with van der Waals surface area (Å²) >= 11 is 1.90. The predicted octanol–water partition coefficient (Wildman–Crippen LogP) is 19.1. The van der Waals surface area contributed by atoms with Crippen LogP contribution in [0.5, 0.6) is 11.5 Å². The molecule has 10 aromatic carbocycles. The molecule has 2 saturated carbocycles. The van der Waals surface area contributed by atoms with E-state index in [1.165, 1.54) is 84.8 Å². The average molecular weight is 942 g/mol. The summed E-state index contributed by atoms with van der Waals surface area (Å²) < 4.78 is 16.9. The molecule has 1 aliphatic heterocycles. The minimum Gasteiger partial charge on any atom is -0.456 e. The summed E-state index contributed by atoms with van der Waals surface area (Å²) in [5, 5.41) is 4.87. The number of para-hydroxylation sites is 2. The number of fused-ring (bicyclic) bond motifs is 17. The third-order valence-electron chi connectivity index (χ3n) is 17.0. The minimum absolute atomic E-state index is 0.627. The number of anilines is 3. The van der Waals surface area contributed by atoms with E-state index in [1.54, 1.807) is 0 Å². The van der Waals surface area contributed by atoms with E-state index in [0.29, 0.717) is 5.92 Å². The summed E-state index contributed by atoms with van der Waals surface area (Å²) in [7, 11) is 0. The number of furan rings is 1. The lowest BCUT2D eigenvalue weighted by Crippen LogP contribution is -2.32. The monoisotopic (exact) mass is 941 g/mol. The Hall–Kier alpha value is -8.18. The molecule has 2 bridgehead atoms. The second kappa shape index (κ2) is 15.4. The van der Waals surface area contributed by atoms with Crippen molar-refractivity contribution in [1.82, 2.24) is 0 Å².